The number of hydrogen-bond donors (Lipinski definition) is 0. The molecule has 3 aliphatic heterocycles. The zero-order chi connectivity index (χ0) is 44.8. The Kier molecular flexibility index (Phi) is 8.92. The summed E-state index contributed by atoms with van der Waals surface area (Å²) in [5, 5.41) is 0. The molecule has 316 valence electrons. The minimum absolute atomic E-state index is 0.142. The van der Waals surface area contributed by atoms with Crippen LogP contribution >= 0.6 is 0 Å². The molecule has 0 aliphatic carbocycles. The van der Waals surface area contributed by atoms with Gasteiger partial charge in [-0.2, -0.15) is 0 Å². The molecule has 0 radical (unpaired) electrons. The third-order valence-electron chi connectivity index (χ3n) is 14.8. The van der Waals surface area contributed by atoms with E-state index >= 15 is 0 Å². The van der Waals surface area contributed by atoms with Crippen LogP contribution in [0.2, 0.25) is 0 Å². The van der Waals surface area contributed by atoms with Crippen LogP contribution in [0.5, 0.6) is 0 Å². The summed E-state index contributed by atoms with van der Waals surface area (Å²) < 4.78 is 0. The van der Waals surface area contributed by atoms with Gasteiger partial charge in [-0.15, -0.1) is 0 Å². The van der Waals surface area contributed by atoms with Crippen LogP contribution in [-0.4, -0.2) is 6.85 Å². The molecule has 0 spiro atoms. The predicted molar refractivity (Wildman–Crippen MR) is 283 cm³/mol. The van der Waals surface area contributed by atoms with E-state index in [9.17, 15) is 0 Å². The Labute approximate surface area is 394 Å². The summed E-state index contributed by atoms with van der Waals surface area (Å²) in [6.07, 6.45) is 0. The molecule has 0 aromatic heterocycles. The number of hydrogen-bond acceptors (Lipinski definition) is 2. The van der Waals surface area contributed by atoms with E-state index in [1.165, 1.54) is 117 Å². The summed E-state index contributed by atoms with van der Waals surface area (Å²) in [7, 11) is 0. The Bertz CT molecular complexity index is 3480. The lowest BCUT2D eigenvalue weighted by Crippen LogP contribution is -2.63. The van der Waals surface area contributed by atoms with Gasteiger partial charge in [-0.25, -0.2) is 0 Å². The molecule has 0 atom stereocenters. The van der Waals surface area contributed by atoms with Crippen LogP contribution in [0.25, 0.3) is 44.5 Å². The van der Waals surface area contributed by atoms with E-state index in [2.05, 4.69) is 261 Å². The molecule has 67 heavy (non-hydrogen) atoms. The maximum Gasteiger partial charge on any atom is 0.333 e. The van der Waals surface area contributed by atoms with Gasteiger partial charge in [0, 0.05) is 34.0 Å². The zero-order valence-electron chi connectivity index (χ0n) is 37.9. The molecule has 0 saturated carbocycles. The lowest BCUT2D eigenvalue weighted by Gasteiger charge is -2.53. The van der Waals surface area contributed by atoms with Crippen molar-refractivity contribution in [3.8, 4) is 44.5 Å². The fraction of sp³-hybridized carbons (Fsp3) is 0.0625. The first-order valence-electron chi connectivity index (χ1n) is 23.5. The second kappa shape index (κ2) is 15.2. The summed E-state index contributed by atoms with van der Waals surface area (Å²) in [4.78, 5) is 5.28. The Morgan fingerprint density at radius 2 is 0.940 bits per heavy atom. The third-order valence-corrected chi connectivity index (χ3v) is 14.8. The van der Waals surface area contributed by atoms with Gasteiger partial charge in [0.2, 0.25) is 0 Å². The van der Waals surface area contributed by atoms with Crippen molar-refractivity contribution in [2.75, 3.05) is 9.71 Å². The number of rotatable bonds is 6. The van der Waals surface area contributed by atoms with Crippen molar-refractivity contribution >= 4 is 46.2 Å². The van der Waals surface area contributed by atoms with Crippen molar-refractivity contribution in [1.29, 1.82) is 0 Å². The van der Waals surface area contributed by atoms with Crippen molar-refractivity contribution in [3.63, 3.8) is 0 Å². The van der Waals surface area contributed by atoms with E-state index in [0.717, 1.165) is 5.69 Å². The van der Waals surface area contributed by atoms with Crippen LogP contribution in [0.3, 0.4) is 0 Å². The molecule has 0 N–H and O–H groups in total. The lowest BCUT2D eigenvalue weighted by atomic mass is 9.42. The molecule has 2 nitrogen and oxygen atoms in total. The van der Waals surface area contributed by atoms with E-state index < -0.39 is 5.41 Å². The molecule has 3 heteroatoms. The quantitative estimate of drug-likeness (QED) is 0.154. The zero-order valence-corrected chi connectivity index (χ0v) is 37.9. The summed E-state index contributed by atoms with van der Waals surface area (Å²) >= 11 is 0. The van der Waals surface area contributed by atoms with E-state index in [-0.39, 0.29) is 6.85 Å². The largest absolute Gasteiger partial charge is 0.376 e. The van der Waals surface area contributed by atoms with Gasteiger partial charge in [0.1, 0.15) is 0 Å². The summed E-state index contributed by atoms with van der Waals surface area (Å²) in [5.74, 6) is 0. The van der Waals surface area contributed by atoms with E-state index in [0.29, 0.717) is 0 Å². The van der Waals surface area contributed by atoms with Gasteiger partial charge in [0.25, 0.3) is 0 Å². The molecule has 0 unspecified atom stereocenters. The fourth-order valence-corrected chi connectivity index (χ4v) is 12.2. The first-order valence-corrected chi connectivity index (χ1v) is 23.5. The number of fused-ring (bicyclic) bond motifs is 6. The molecular weight excluding hydrogens is 808 g/mol. The minimum Gasteiger partial charge on any atom is -0.376 e. The van der Waals surface area contributed by atoms with Gasteiger partial charge in [0.15, 0.2) is 0 Å². The first kappa shape index (κ1) is 39.2. The Hall–Kier alpha value is -8.14. The highest BCUT2D eigenvalue weighted by atomic mass is 15.2. The van der Waals surface area contributed by atoms with Gasteiger partial charge in [0.05, 0.1) is 5.41 Å². The maximum atomic E-state index is 2.72. The van der Waals surface area contributed by atoms with Crippen molar-refractivity contribution in [1.82, 2.24) is 0 Å². The average molecular weight is 855 g/mol. The molecule has 10 aromatic rings. The molecule has 0 amide bonds. The van der Waals surface area contributed by atoms with Crippen LogP contribution in [0.1, 0.15) is 38.9 Å². The summed E-state index contributed by atoms with van der Waals surface area (Å²) in [6.45, 7) is 6.62. The second-order valence-electron chi connectivity index (χ2n) is 18.6. The van der Waals surface area contributed by atoms with Crippen LogP contribution in [0, 0.1) is 20.8 Å². The molecule has 0 bridgehead atoms. The minimum atomic E-state index is -0.584. The van der Waals surface area contributed by atoms with E-state index in [4.69, 9.17) is 0 Å². The first-order chi connectivity index (χ1) is 33.0. The number of aryl methyl sites for hydroxylation is 3. The molecule has 0 fully saturated rings. The molecule has 3 aliphatic rings. The highest BCUT2D eigenvalue weighted by Gasteiger charge is 2.53. The van der Waals surface area contributed by atoms with Crippen molar-refractivity contribution < 1.29 is 0 Å². The van der Waals surface area contributed by atoms with Crippen LogP contribution in [-0.2, 0) is 5.41 Å². The Balaban J connectivity index is 1.17. The van der Waals surface area contributed by atoms with Gasteiger partial charge in [-0.1, -0.05) is 200 Å². The molecule has 10 aromatic carbocycles. The molecular formula is C64H47BN2. The van der Waals surface area contributed by atoms with E-state index in [1.807, 2.05) is 0 Å². The van der Waals surface area contributed by atoms with Crippen molar-refractivity contribution in [3.05, 3.63) is 269 Å². The molecule has 3 heterocycles. The van der Waals surface area contributed by atoms with Gasteiger partial charge < -0.3 is 9.71 Å². The molecule has 13 rings (SSSR count). The molecule has 0 saturated heterocycles. The summed E-state index contributed by atoms with van der Waals surface area (Å²) in [6, 6.07) is 86.5. The monoisotopic (exact) mass is 854 g/mol. The van der Waals surface area contributed by atoms with Crippen LogP contribution < -0.4 is 20.6 Å². The van der Waals surface area contributed by atoms with Crippen LogP contribution in [0.15, 0.2) is 231 Å². The normalized spacial score (nSPS) is 13.6. The smallest absolute Gasteiger partial charge is 0.333 e. The van der Waals surface area contributed by atoms with Crippen molar-refractivity contribution in [2.24, 2.45) is 0 Å². The highest BCUT2D eigenvalue weighted by Crippen LogP contribution is 2.60. The standard InChI is InChI=1S/C64H47BN2/c1-42-37-43(2)61(44(3)38-42)49-39-54-53-27-18-29-56-63(53)67(58-30-17-16-28-55(58)64(56,50-23-12-6-13-24-50)51-25-14-7-15-26-51)65-57-40-48(46-21-10-5-11-22-46)33-36-59(57)66(60(41-49)62(54)65)52-34-31-47(32-35-52)45-19-8-4-9-20-45/h4-41H,1-3H3. The van der Waals surface area contributed by atoms with Crippen LogP contribution in [0.4, 0.5) is 28.4 Å². The average Bonchev–Trinajstić information content (AvgIpc) is 3.38. The second-order valence-corrected chi connectivity index (χ2v) is 18.6. The van der Waals surface area contributed by atoms with Crippen molar-refractivity contribution in [2.45, 2.75) is 26.2 Å². The van der Waals surface area contributed by atoms with Gasteiger partial charge >= 0.3 is 6.85 Å². The SMILES string of the molecule is Cc1cc(C)c(-c2cc3c4c(c2)N(c2ccc(-c5ccccc5)cc2)c2ccc(-c5ccccc5)cc2B4N2c4ccccc4C(c4ccccc4)(c4ccccc4)c4cccc-3c42)c(C)c1. The number of para-hydroxylation sites is 2. The fourth-order valence-electron chi connectivity index (χ4n) is 12.2. The topological polar surface area (TPSA) is 6.48 Å². The number of nitrogens with zero attached hydrogens (tertiary/aromatic N) is 2. The van der Waals surface area contributed by atoms with Gasteiger partial charge in [-0.3, -0.25) is 0 Å². The highest BCUT2D eigenvalue weighted by molar-refractivity contribution is 6.93. The number of benzene rings is 10. The Morgan fingerprint density at radius 1 is 0.388 bits per heavy atom. The predicted octanol–water partition coefficient (Wildman–Crippen LogP) is 15.0. The Morgan fingerprint density at radius 3 is 1.60 bits per heavy atom. The summed E-state index contributed by atoms with van der Waals surface area (Å²) in [5.41, 5.74) is 26.9. The maximum absolute atomic E-state index is 2.72. The number of anilines is 5. The third kappa shape index (κ3) is 5.84. The van der Waals surface area contributed by atoms with E-state index in [1.54, 1.807) is 0 Å². The lowest BCUT2D eigenvalue weighted by molar-refractivity contribution is 0.734. The van der Waals surface area contributed by atoms with Gasteiger partial charge in [-0.05, 0) is 140 Å².